The number of methoxy groups -OCH3 is 1. The van der Waals surface area contributed by atoms with Gasteiger partial charge in [0.25, 0.3) is 5.91 Å². The fraction of sp³-hybridized carbons (Fsp3) is 0.474. The highest BCUT2D eigenvalue weighted by atomic mass is 79.9. The maximum atomic E-state index is 15.2. The van der Waals surface area contributed by atoms with E-state index < -0.39 is 65.6 Å². The number of allylic oxidation sites excluding steroid dienone is 1. The highest BCUT2D eigenvalue weighted by molar-refractivity contribution is 9.11. The third kappa shape index (κ3) is 6.26. The molecule has 5 bridgehead atoms. The molecule has 12 heteroatoms. The van der Waals surface area contributed by atoms with Crippen LogP contribution < -0.4 is 15.0 Å². The van der Waals surface area contributed by atoms with Crippen molar-refractivity contribution in [3.63, 3.8) is 0 Å². The SMILES string of the molecule is CC[C@H](C)[C@H](CO)N1C(=O)[C@@H]2[C@H]3C(=O)O[C@@H](c4ccccc4)[C@H](C)NC(=O)CC/C=C\CN(c4ccc(OC)cc4)C(=O)[C@@H]1[C@]21C=C(Br)[C@H]3O1. The molecular formula is C38H44BrN3O8. The second-order valence-electron chi connectivity index (χ2n) is 13.5. The molecule has 50 heavy (non-hydrogen) atoms. The van der Waals surface area contributed by atoms with Crippen LogP contribution in [0.3, 0.4) is 0 Å². The molecule has 2 aromatic rings. The minimum Gasteiger partial charge on any atom is -0.497 e. The van der Waals surface area contributed by atoms with Gasteiger partial charge in [-0.05, 0) is 55.2 Å². The highest BCUT2D eigenvalue weighted by Crippen LogP contribution is 2.59. The number of nitrogens with one attached hydrogen (secondary N) is 1. The Kier molecular flexibility index (Phi) is 10.5. The number of hydrogen-bond acceptors (Lipinski definition) is 8. The quantitative estimate of drug-likeness (QED) is 0.314. The number of benzene rings is 2. The van der Waals surface area contributed by atoms with E-state index in [0.717, 1.165) is 0 Å². The van der Waals surface area contributed by atoms with Crippen molar-refractivity contribution >= 4 is 45.3 Å². The number of hydrogen-bond donors (Lipinski definition) is 2. The Morgan fingerprint density at radius 1 is 1.04 bits per heavy atom. The van der Waals surface area contributed by atoms with E-state index in [-0.39, 0.29) is 31.4 Å². The standard InChI is InChI=1S/C38H44BrN3O8/c1-5-22(2)28(21-43)42-34-36(46)41(25-15-17-26(48-4)18-16-25)19-11-7-10-14-29(44)40-23(3)32(24-12-8-6-9-13-24)49-37(47)30-31(35(42)45)38(34)20-27(39)33(30)50-38/h6-9,11-13,15-18,20,22-23,28,30-34,43H,5,10,14,19,21H2,1-4H3,(H,40,44)/b11-7-/t22-,23-,28-,30+,31-,32+,33+,34+,38-/m0/s1. The number of aliphatic hydroxyl groups is 1. The average Bonchev–Trinajstić information content (AvgIpc) is 3.72. The minimum absolute atomic E-state index is 0.130. The van der Waals surface area contributed by atoms with Gasteiger partial charge in [-0.2, -0.15) is 0 Å². The molecule has 2 saturated heterocycles. The van der Waals surface area contributed by atoms with Crippen LogP contribution >= 0.6 is 15.9 Å². The molecule has 1 spiro atoms. The Labute approximate surface area is 300 Å². The summed E-state index contributed by atoms with van der Waals surface area (Å²) in [6.45, 7) is 5.42. The Balaban J connectivity index is 1.50. The van der Waals surface area contributed by atoms with Gasteiger partial charge in [0.1, 0.15) is 35.5 Å². The Bertz CT molecular complexity index is 1670. The van der Waals surface area contributed by atoms with E-state index in [1.165, 1.54) is 4.90 Å². The fourth-order valence-electron chi connectivity index (χ4n) is 7.83. The molecule has 2 N–H and O–H groups in total. The van der Waals surface area contributed by atoms with E-state index in [2.05, 4.69) is 21.2 Å². The van der Waals surface area contributed by atoms with Crippen LogP contribution in [0.15, 0.2) is 77.3 Å². The molecule has 3 amide bonds. The van der Waals surface area contributed by atoms with Gasteiger partial charge in [-0.3, -0.25) is 19.2 Å². The van der Waals surface area contributed by atoms with Gasteiger partial charge in [-0.25, -0.2) is 0 Å². The van der Waals surface area contributed by atoms with E-state index in [0.29, 0.717) is 34.3 Å². The first-order chi connectivity index (χ1) is 24.1. The van der Waals surface area contributed by atoms with Crippen LogP contribution in [-0.4, -0.2) is 83.8 Å². The fourth-order valence-corrected chi connectivity index (χ4v) is 8.56. The number of carbonyl (C=O) groups excluding carboxylic acids is 4. The molecule has 0 radical (unpaired) electrons. The molecular weight excluding hydrogens is 706 g/mol. The average molecular weight is 751 g/mol. The highest BCUT2D eigenvalue weighted by Gasteiger charge is 2.75. The van der Waals surface area contributed by atoms with Crippen LogP contribution in [-0.2, 0) is 28.7 Å². The summed E-state index contributed by atoms with van der Waals surface area (Å²) >= 11 is 3.61. The number of ether oxygens (including phenoxy) is 3. The lowest BCUT2D eigenvalue weighted by Gasteiger charge is -2.40. The number of nitrogens with zero attached hydrogens (tertiary/aromatic N) is 2. The van der Waals surface area contributed by atoms with Crippen molar-refractivity contribution < 1.29 is 38.5 Å². The lowest BCUT2D eigenvalue weighted by atomic mass is 9.74. The van der Waals surface area contributed by atoms with Crippen molar-refractivity contribution in [2.75, 3.05) is 25.2 Å². The van der Waals surface area contributed by atoms with Gasteiger partial charge < -0.3 is 34.4 Å². The number of rotatable bonds is 7. The summed E-state index contributed by atoms with van der Waals surface area (Å²) in [4.78, 5) is 60.6. The molecule has 6 rings (SSSR count). The number of likely N-dealkylation sites (tertiary alicyclic amines) is 1. The predicted molar refractivity (Wildman–Crippen MR) is 189 cm³/mol. The maximum absolute atomic E-state index is 15.2. The second-order valence-corrected chi connectivity index (χ2v) is 14.4. The molecule has 2 aromatic carbocycles. The summed E-state index contributed by atoms with van der Waals surface area (Å²) in [6.07, 6.45) is 4.91. The van der Waals surface area contributed by atoms with Gasteiger partial charge in [0.2, 0.25) is 11.8 Å². The number of amides is 3. The van der Waals surface area contributed by atoms with Gasteiger partial charge in [0.05, 0.1) is 31.7 Å². The molecule has 11 nitrogen and oxygen atoms in total. The van der Waals surface area contributed by atoms with E-state index in [9.17, 15) is 19.5 Å². The number of halogens is 1. The van der Waals surface area contributed by atoms with Crippen LogP contribution in [0.2, 0.25) is 0 Å². The van der Waals surface area contributed by atoms with Gasteiger partial charge in [0, 0.05) is 23.1 Å². The maximum Gasteiger partial charge on any atom is 0.313 e. The summed E-state index contributed by atoms with van der Waals surface area (Å²) in [5, 5.41) is 13.8. The van der Waals surface area contributed by atoms with Crippen molar-refractivity contribution in [3.05, 3.63) is 82.9 Å². The van der Waals surface area contributed by atoms with E-state index in [1.807, 2.05) is 56.3 Å². The monoisotopic (exact) mass is 749 g/mol. The van der Waals surface area contributed by atoms with Crippen molar-refractivity contribution in [2.24, 2.45) is 17.8 Å². The molecule has 0 saturated carbocycles. The minimum atomic E-state index is -1.52. The molecule has 4 heterocycles. The van der Waals surface area contributed by atoms with Crippen LogP contribution in [0.4, 0.5) is 5.69 Å². The molecule has 266 valence electrons. The summed E-state index contributed by atoms with van der Waals surface area (Å²) in [6, 6.07) is 13.6. The number of aliphatic hydroxyl groups excluding tert-OH is 1. The van der Waals surface area contributed by atoms with Crippen molar-refractivity contribution in [2.45, 2.75) is 76.0 Å². The van der Waals surface area contributed by atoms with E-state index in [1.54, 1.807) is 49.3 Å². The molecule has 4 aliphatic rings. The Morgan fingerprint density at radius 3 is 2.42 bits per heavy atom. The van der Waals surface area contributed by atoms with Crippen LogP contribution in [0.5, 0.6) is 5.75 Å². The Morgan fingerprint density at radius 2 is 1.76 bits per heavy atom. The first-order valence-corrected chi connectivity index (χ1v) is 18.0. The van der Waals surface area contributed by atoms with Gasteiger partial charge in [-0.1, -0.05) is 78.7 Å². The number of cyclic esters (lactones) is 1. The summed E-state index contributed by atoms with van der Waals surface area (Å²) < 4.78 is 18.8. The molecule has 4 aliphatic heterocycles. The van der Waals surface area contributed by atoms with Crippen molar-refractivity contribution in [3.8, 4) is 5.75 Å². The third-order valence-corrected chi connectivity index (χ3v) is 11.3. The van der Waals surface area contributed by atoms with E-state index >= 15 is 4.79 Å². The first-order valence-electron chi connectivity index (χ1n) is 17.2. The number of esters is 1. The predicted octanol–water partition coefficient (Wildman–Crippen LogP) is 4.45. The lowest BCUT2D eigenvalue weighted by molar-refractivity contribution is -0.162. The molecule has 0 aliphatic carbocycles. The summed E-state index contributed by atoms with van der Waals surface area (Å²) in [5.41, 5.74) is -0.287. The van der Waals surface area contributed by atoms with Gasteiger partial charge in [0.15, 0.2) is 0 Å². The zero-order valence-electron chi connectivity index (χ0n) is 28.7. The number of carbonyl (C=O) groups is 4. The summed E-state index contributed by atoms with van der Waals surface area (Å²) in [5.74, 6) is -3.54. The number of fused-ring (bicyclic) bond motifs is 2. The van der Waals surface area contributed by atoms with Crippen LogP contribution in [0.1, 0.15) is 51.7 Å². The van der Waals surface area contributed by atoms with Crippen molar-refractivity contribution in [1.82, 2.24) is 10.2 Å². The smallest absolute Gasteiger partial charge is 0.313 e. The van der Waals surface area contributed by atoms with E-state index in [4.69, 9.17) is 14.2 Å². The zero-order valence-corrected chi connectivity index (χ0v) is 30.2. The van der Waals surface area contributed by atoms with Gasteiger partial charge >= 0.3 is 5.97 Å². The lowest BCUT2D eigenvalue weighted by Crippen LogP contribution is -2.59. The second kappa shape index (κ2) is 14.7. The largest absolute Gasteiger partial charge is 0.497 e. The normalized spacial score (nSPS) is 31.8. The Hall–Kier alpha value is -4.00. The molecule has 0 aromatic heterocycles. The topological polar surface area (TPSA) is 135 Å². The molecule has 9 atom stereocenters. The third-order valence-electron chi connectivity index (χ3n) is 10.6. The zero-order chi connectivity index (χ0) is 35.7. The van der Waals surface area contributed by atoms with Gasteiger partial charge in [-0.15, -0.1) is 0 Å². The first kappa shape index (κ1) is 35.8. The van der Waals surface area contributed by atoms with Crippen LogP contribution in [0, 0.1) is 17.8 Å². The van der Waals surface area contributed by atoms with Crippen molar-refractivity contribution in [1.29, 1.82) is 0 Å². The number of anilines is 1. The molecule has 2 fully saturated rings. The summed E-state index contributed by atoms with van der Waals surface area (Å²) in [7, 11) is 1.56. The van der Waals surface area contributed by atoms with Crippen LogP contribution in [0.25, 0.3) is 0 Å². The molecule has 0 unspecified atom stereocenters.